The van der Waals surface area contributed by atoms with E-state index in [1.54, 1.807) is 18.2 Å². The highest BCUT2D eigenvalue weighted by Gasteiger charge is 2.20. The van der Waals surface area contributed by atoms with Gasteiger partial charge in [0.15, 0.2) is 17.1 Å². The van der Waals surface area contributed by atoms with Crippen LogP contribution in [0.25, 0.3) is 0 Å². The van der Waals surface area contributed by atoms with Gasteiger partial charge in [0.1, 0.15) is 11.4 Å². The molecule has 2 aromatic carbocycles. The van der Waals surface area contributed by atoms with Gasteiger partial charge in [0, 0.05) is 5.56 Å². The number of nitriles is 1. The molecular formula is C16H15F5N4O2. The van der Waals surface area contributed by atoms with Crippen molar-refractivity contribution < 1.29 is 31.8 Å². The Morgan fingerprint density at radius 1 is 1.15 bits per heavy atom. The second-order valence-electron chi connectivity index (χ2n) is 4.73. The van der Waals surface area contributed by atoms with E-state index in [2.05, 4.69) is 4.84 Å². The van der Waals surface area contributed by atoms with Crippen LogP contribution >= 0.6 is 0 Å². The van der Waals surface area contributed by atoms with Gasteiger partial charge in [-0.05, 0) is 31.2 Å². The molecule has 0 saturated heterocycles. The molecule has 27 heavy (non-hydrogen) atoms. The van der Waals surface area contributed by atoms with Gasteiger partial charge in [-0.3, -0.25) is 4.84 Å². The standard InChI is InChI=1S/C10H12N2O2.C6H3F5N2/c1-2-13-10-5-8(6-11)3-4-9(10)7-14-12;7-4-2-1-3-5(6(4)8)12(9)13(10)11/h3-5H,2,7,12H2,1H3;1-3H. The van der Waals surface area contributed by atoms with Gasteiger partial charge in [0.05, 0.1) is 24.8 Å². The largest absolute Gasteiger partial charge is 0.493 e. The minimum atomic E-state index is -2.00. The third-order valence-electron chi connectivity index (χ3n) is 3.00. The van der Waals surface area contributed by atoms with Gasteiger partial charge in [-0.15, -0.1) is 0 Å². The zero-order valence-corrected chi connectivity index (χ0v) is 14.0. The zero-order valence-electron chi connectivity index (χ0n) is 14.0. The summed E-state index contributed by atoms with van der Waals surface area (Å²) < 4.78 is 65.7. The van der Waals surface area contributed by atoms with Crippen molar-refractivity contribution in [2.45, 2.75) is 13.5 Å². The Morgan fingerprint density at radius 3 is 2.41 bits per heavy atom. The minimum absolute atomic E-state index is 0.279. The first-order chi connectivity index (χ1) is 12.8. The molecule has 2 rings (SSSR count). The van der Waals surface area contributed by atoms with E-state index in [1.807, 2.05) is 13.0 Å². The maximum Gasteiger partial charge on any atom is 0.186 e. The van der Waals surface area contributed by atoms with Gasteiger partial charge < -0.3 is 4.74 Å². The van der Waals surface area contributed by atoms with Gasteiger partial charge in [0.2, 0.25) is 0 Å². The SMILES string of the molecule is CCOc1cc(C#N)ccc1CON.Fc1cccc(N(F)N(F)F)c1F. The molecule has 0 heterocycles. The fourth-order valence-electron chi connectivity index (χ4n) is 1.84. The van der Waals surface area contributed by atoms with Crippen molar-refractivity contribution in [1.29, 1.82) is 5.26 Å². The lowest BCUT2D eigenvalue weighted by Crippen LogP contribution is -2.23. The maximum atomic E-state index is 12.6. The summed E-state index contributed by atoms with van der Waals surface area (Å²) in [5.74, 6) is 2.55. The second kappa shape index (κ2) is 10.9. The van der Waals surface area contributed by atoms with Gasteiger partial charge in [-0.1, -0.05) is 30.8 Å². The van der Waals surface area contributed by atoms with E-state index in [-0.39, 0.29) is 6.61 Å². The van der Waals surface area contributed by atoms with E-state index in [9.17, 15) is 22.2 Å². The molecular weight excluding hydrogens is 375 g/mol. The van der Waals surface area contributed by atoms with Crippen molar-refractivity contribution in [3.8, 4) is 11.8 Å². The summed E-state index contributed by atoms with van der Waals surface area (Å²) in [5, 5.41) is 7.38. The van der Waals surface area contributed by atoms with E-state index < -0.39 is 28.0 Å². The van der Waals surface area contributed by atoms with Gasteiger partial charge in [-0.2, -0.15) is 5.26 Å². The fourth-order valence-corrected chi connectivity index (χ4v) is 1.84. The van der Waals surface area contributed by atoms with Crippen molar-refractivity contribution in [2.24, 2.45) is 5.90 Å². The summed E-state index contributed by atoms with van der Waals surface area (Å²) >= 11 is 0. The number of rotatable bonds is 6. The molecule has 0 radical (unpaired) electrons. The molecule has 0 aliphatic heterocycles. The molecule has 0 aliphatic rings. The van der Waals surface area contributed by atoms with Crippen molar-refractivity contribution in [3.63, 3.8) is 0 Å². The van der Waals surface area contributed by atoms with Crippen LogP contribution in [0.2, 0.25) is 0 Å². The minimum Gasteiger partial charge on any atom is -0.493 e. The smallest absolute Gasteiger partial charge is 0.186 e. The number of benzene rings is 2. The fraction of sp³-hybridized carbons (Fsp3) is 0.188. The van der Waals surface area contributed by atoms with Crippen molar-refractivity contribution in [2.75, 3.05) is 11.8 Å². The van der Waals surface area contributed by atoms with Crippen molar-refractivity contribution >= 4 is 5.69 Å². The Balaban J connectivity index is 0.000000271. The van der Waals surface area contributed by atoms with Crippen LogP contribution in [0.3, 0.4) is 0 Å². The van der Waals surface area contributed by atoms with Crippen molar-refractivity contribution in [1.82, 2.24) is 5.45 Å². The third kappa shape index (κ3) is 6.37. The molecule has 11 heteroatoms. The third-order valence-corrected chi connectivity index (χ3v) is 3.00. The Labute approximate surface area is 151 Å². The number of nitrogens with zero attached hydrogens (tertiary/aromatic N) is 3. The van der Waals surface area contributed by atoms with Crippen LogP contribution in [-0.4, -0.2) is 12.1 Å². The monoisotopic (exact) mass is 390 g/mol. The molecule has 0 atom stereocenters. The molecule has 0 unspecified atom stereocenters. The van der Waals surface area contributed by atoms with E-state index in [0.717, 1.165) is 11.6 Å². The second-order valence-corrected chi connectivity index (χ2v) is 4.73. The first kappa shape index (κ1) is 22.1. The van der Waals surface area contributed by atoms with Crippen LogP contribution in [0, 0.1) is 23.0 Å². The molecule has 0 bridgehead atoms. The van der Waals surface area contributed by atoms with E-state index in [0.29, 0.717) is 30.1 Å². The topological polar surface area (TPSA) is 74.7 Å². The molecule has 146 valence electrons. The number of hydrazine groups is 1. The summed E-state index contributed by atoms with van der Waals surface area (Å²) in [4.78, 5) is 4.53. The Morgan fingerprint density at radius 2 is 1.85 bits per heavy atom. The molecule has 2 N–H and O–H groups in total. The average molecular weight is 390 g/mol. The van der Waals surface area contributed by atoms with E-state index in [1.165, 1.54) is 0 Å². The van der Waals surface area contributed by atoms with Crippen LogP contribution in [0.4, 0.5) is 27.9 Å². The Bertz CT molecular complexity index is 786. The number of halogens is 5. The number of hydrogen-bond donors (Lipinski definition) is 1. The predicted octanol–water partition coefficient (Wildman–Crippen LogP) is 3.99. The van der Waals surface area contributed by atoms with E-state index >= 15 is 0 Å². The summed E-state index contributed by atoms with van der Waals surface area (Å²) in [6.45, 7) is 2.71. The summed E-state index contributed by atoms with van der Waals surface area (Å²) in [6.07, 6.45) is 0. The van der Waals surface area contributed by atoms with Crippen LogP contribution in [0.15, 0.2) is 36.4 Å². The average Bonchev–Trinajstić information content (AvgIpc) is 2.65. The maximum absolute atomic E-state index is 12.6. The van der Waals surface area contributed by atoms with Gasteiger partial charge in [0.25, 0.3) is 0 Å². The van der Waals surface area contributed by atoms with Crippen LogP contribution in [-0.2, 0) is 11.4 Å². The summed E-state index contributed by atoms with van der Waals surface area (Å²) in [6, 6.07) is 9.47. The Kier molecular flexibility index (Phi) is 8.94. The first-order valence-electron chi connectivity index (χ1n) is 7.34. The molecule has 0 amide bonds. The lowest BCUT2D eigenvalue weighted by Gasteiger charge is -2.12. The van der Waals surface area contributed by atoms with Gasteiger partial charge >= 0.3 is 0 Å². The highest BCUT2D eigenvalue weighted by molar-refractivity contribution is 5.44. The molecule has 0 spiro atoms. The van der Waals surface area contributed by atoms with Gasteiger partial charge in [-0.25, -0.2) is 14.7 Å². The highest BCUT2D eigenvalue weighted by Crippen LogP contribution is 2.23. The predicted molar refractivity (Wildman–Crippen MR) is 85.3 cm³/mol. The number of nitrogens with two attached hydrogens (primary N) is 1. The highest BCUT2D eigenvalue weighted by atomic mass is 19.4. The molecule has 0 aliphatic carbocycles. The molecule has 0 fully saturated rings. The van der Waals surface area contributed by atoms with Crippen molar-refractivity contribution in [3.05, 3.63) is 59.2 Å². The molecule has 0 aromatic heterocycles. The molecule has 6 nitrogen and oxygen atoms in total. The normalized spacial score (nSPS) is 10.0. The Hall–Kier alpha value is -2.94. The summed E-state index contributed by atoms with van der Waals surface area (Å²) in [5.41, 5.74) is -1.79. The quantitative estimate of drug-likeness (QED) is 0.457. The first-order valence-corrected chi connectivity index (χ1v) is 7.34. The van der Waals surface area contributed by atoms with Crippen LogP contribution in [0.5, 0.6) is 5.75 Å². The van der Waals surface area contributed by atoms with E-state index in [4.69, 9.17) is 15.9 Å². The zero-order chi connectivity index (χ0) is 20.4. The summed E-state index contributed by atoms with van der Waals surface area (Å²) in [7, 11) is 0. The molecule has 0 saturated carbocycles. The van der Waals surface area contributed by atoms with Crippen LogP contribution in [0.1, 0.15) is 18.1 Å². The number of anilines is 1. The number of ether oxygens (including phenoxy) is 1. The molecule has 2 aromatic rings. The number of hydrogen-bond acceptors (Lipinski definition) is 6. The lowest BCUT2D eigenvalue weighted by atomic mass is 10.1. The van der Waals surface area contributed by atoms with Crippen LogP contribution < -0.4 is 15.9 Å². The lowest BCUT2D eigenvalue weighted by molar-refractivity contribution is -0.196.